The number of carboxylic acid groups (broad SMARTS) is 1. The molecule has 1 aliphatic carbocycles. The van der Waals surface area contributed by atoms with E-state index in [1.54, 1.807) is 0 Å². The van der Waals surface area contributed by atoms with Gasteiger partial charge in [-0.2, -0.15) is 0 Å². The Kier molecular flexibility index (Phi) is 5.63. The zero-order chi connectivity index (χ0) is 15.5. The third-order valence-corrected chi connectivity index (χ3v) is 5.47. The molecule has 122 valence electrons. The van der Waals surface area contributed by atoms with Gasteiger partial charge in [0.25, 0.3) is 0 Å². The average molecular weight is 297 g/mol. The largest absolute Gasteiger partial charge is 0.480 e. The van der Waals surface area contributed by atoms with Crippen molar-refractivity contribution in [2.24, 2.45) is 5.92 Å². The van der Waals surface area contributed by atoms with Crippen molar-refractivity contribution in [3.63, 3.8) is 0 Å². The van der Waals surface area contributed by atoms with E-state index < -0.39 is 11.5 Å². The monoisotopic (exact) mass is 297 g/mol. The Labute approximate surface area is 128 Å². The molecule has 0 radical (unpaired) electrons. The number of likely N-dealkylation sites (N-methyl/N-ethyl adjacent to an activating group) is 2. The summed E-state index contributed by atoms with van der Waals surface area (Å²) in [4.78, 5) is 16.6. The molecule has 2 fully saturated rings. The molecule has 1 aliphatic heterocycles. The van der Waals surface area contributed by atoms with Gasteiger partial charge in [0, 0.05) is 12.6 Å². The first-order valence-electron chi connectivity index (χ1n) is 8.36. The molecule has 0 amide bonds. The predicted octanol–water partition coefficient (Wildman–Crippen LogP) is 1.25. The van der Waals surface area contributed by atoms with Crippen molar-refractivity contribution in [1.82, 2.24) is 15.1 Å². The minimum Gasteiger partial charge on any atom is -0.480 e. The van der Waals surface area contributed by atoms with Crippen molar-refractivity contribution in [1.29, 1.82) is 0 Å². The number of hydrogen-bond acceptors (Lipinski definition) is 4. The maximum atomic E-state index is 11.8. The number of aliphatic carboxylic acids is 1. The summed E-state index contributed by atoms with van der Waals surface area (Å²) in [5, 5.41) is 13.0. The standard InChI is InChI=1S/C16H31N3O2/c1-4-17-16(15(20)21)9-5-6-13(16)7-10-19-11-8-14(12-19)18(2)3/h13-14,17H,4-12H2,1-3H3,(H,20,21). The molecule has 2 N–H and O–H groups in total. The van der Waals surface area contributed by atoms with Gasteiger partial charge in [-0.3, -0.25) is 4.79 Å². The summed E-state index contributed by atoms with van der Waals surface area (Å²) in [6, 6.07) is 0.659. The molecular weight excluding hydrogens is 266 g/mol. The lowest BCUT2D eigenvalue weighted by Gasteiger charge is -2.33. The van der Waals surface area contributed by atoms with Crippen LogP contribution in [0.5, 0.6) is 0 Å². The smallest absolute Gasteiger partial charge is 0.324 e. The zero-order valence-electron chi connectivity index (χ0n) is 13.8. The highest BCUT2D eigenvalue weighted by Gasteiger charge is 2.48. The fourth-order valence-electron chi connectivity index (χ4n) is 4.15. The van der Waals surface area contributed by atoms with Gasteiger partial charge in [-0.15, -0.1) is 0 Å². The predicted molar refractivity (Wildman–Crippen MR) is 84.5 cm³/mol. The zero-order valence-corrected chi connectivity index (χ0v) is 13.8. The van der Waals surface area contributed by atoms with Crippen LogP contribution in [0.2, 0.25) is 0 Å². The number of nitrogens with one attached hydrogen (secondary N) is 1. The van der Waals surface area contributed by atoms with Gasteiger partial charge in [0.1, 0.15) is 5.54 Å². The van der Waals surface area contributed by atoms with Gasteiger partial charge >= 0.3 is 5.97 Å². The van der Waals surface area contributed by atoms with Gasteiger partial charge in [-0.05, 0) is 65.3 Å². The van der Waals surface area contributed by atoms with E-state index >= 15 is 0 Å². The van der Waals surface area contributed by atoms with Crippen molar-refractivity contribution >= 4 is 5.97 Å². The van der Waals surface area contributed by atoms with Crippen LogP contribution in [0, 0.1) is 5.92 Å². The molecule has 1 saturated heterocycles. The summed E-state index contributed by atoms with van der Waals surface area (Å²) in [6.45, 7) is 6.05. The van der Waals surface area contributed by atoms with E-state index in [9.17, 15) is 9.90 Å². The molecule has 2 aliphatic rings. The molecule has 1 heterocycles. The van der Waals surface area contributed by atoms with Gasteiger partial charge in [-0.25, -0.2) is 0 Å². The summed E-state index contributed by atoms with van der Waals surface area (Å²) in [5.74, 6) is -0.382. The molecule has 0 spiro atoms. The third kappa shape index (κ3) is 3.58. The van der Waals surface area contributed by atoms with Gasteiger partial charge in [0.05, 0.1) is 0 Å². The van der Waals surface area contributed by atoms with Crippen molar-refractivity contribution < 1.29 is 9.90 Å². The summed E-state index contributed by atoms with van der Waals surface area (Å²) in [7, 11) is 4.29. The topological polar surface area (TPSA) is 55.8 Å². The molecule has 0 aromatic rings. The van der Waals surface area contributed by atoms with Crippen LogP contribution >= 0.6 is 0 Å². The van der Waals surface area contributed by atoms with E-state index in [1.165, 1.54) is 6.42 Å². The molecule has 0 bridgehead atoms. The second-order valence-corrected chi connectivity index (χ2v) is 6.89. The number of carbonyl (C=O) groups is 1. The Morgan fingerprint density at radius 1 is 1.43 bits per heavy atom. The van der Waals surface area contributed by atoms with E-state index in [0.29, 0.717) is 6.04 Å². The van der Waals surface area contributed by atoms with E-state index in [2.05, 4.69) is 29.2 Å². The molecule has 0 aromatic carbocycles. The van der Waals surface area contributed by atoms with Crippen LogP contribution in [0.3, 0.4) is 0 Å². The molecule has 0 aromatic heterocycles. The molecule has 3 atom stereocenters. The lowest BCUT2D eigenvalue weighted by molar-refractivity contribution is -0.146. The van der Waals surface area contributed by atoms with Gasteiger partial charge in [0.2, 0.25) is 0 Å². The van der Waals surface area contributed by atoms with E-state index in [-0.39, 0.29) is 5.92 Å². The van der Waals surface area contributed by atoms with E-state index in [4.69, 9.17) is 0 Å². The van der Waals surface area contributed by atoms with Crippen molar-refractivity contribution in [2.75, 3.05) is 40.3 Å². The van der Waals surface area contributed by atoms with Crippen LogP contribution in [0.1, 0.15) is 39.0 Å². The normalized spacial score (nSPS) is 33.9. The first-order chi connectivity index (χ1) is 9.99. The van der Waals surface area contributed by atoms with Crippen molar-refractivity contribution in [3.8, 4) is 0 Å². The Morgan fingerprint density at radius 3 is 2.76 bits per heavy atom. The van der Waals surface area contributed by atoms with Crippen LogP contribution < -0.4 is 5.32 Å². The van der Waals surface area contributed by atoms with Crippen molar-refractivity contribution in [2.45, 2.75) is 50.6 Å². The third-order valence-electron chi connectivity index (χ3n) is 5.47. The average Bonchev–Trinajstić information content (AvgIpc) is 3.04. The van der Waals surface area contributed by atoms with Crippen LogP contribution in [-0.4, -0.2) is 72.7 Å². The first-order valence-corrected chi connectivity index (χ1v) is 8.36. The molecule has 5 heteroatoms. The molecule has 3 unspecified atom stereocenters. The lowest BCUT2D eigenvalue weighted by Crippen LogP contribution is -2.55. The Balaban J connectivity index is 1.88. The Bertz CT molecular complexity index is 361. The lowest BCUT2D eigenvalue weighted by atomic mass is 9.84. The highest BCUT2D eigenvalue weighted by atomic mass is 16.4. The Morgan fingerprint density at radius 2 is 2.19 bits per heavy atom. The molecular formula is C16H31N3O2. The van der Waals surface area contributed by atoms with Crippen molar-refractivity contribution in [3.05, 3.63) is 0 Å². The second kappa shape index (κ2) is 7.07. The second-order valence-electron chi connectivity index (χ2n) is 6.89. The highest BCUT2D eigenvalue weighted by Crippen LogP contribution is 2.38. The fraction of sp³-hybridized carbons (Fsp3) is 0.938. The number of carboxylic acids is 1. The minimum atomic E-state index is -0.671. The van der Waals surface area contributed by atoms with Crippen LogP contribution in [0.4, 0.5) is 0 Å². The van der Waals surface area contributed by atoms with Crippen LogP contribution in [-0.2, 0) is 4.79 Å². The molecule has 2 rings (SSSR count). The highest BCUT2D eigenvalue weighted by molar-refractivity contribution is 5.79. The van der Waals surface area contributed by atoms with E-state index in [0.717, 1.165) is 51.9 Å². The first kappa shape index (κ1) is 16.7. The number of likely N-dealkylation sites (tertiary alicyclic amines) is 1. The Hall–Kier alpha value is -0.650. The van der Waals surface area contributed by atoms with E-state index in [1.807, 2.05) is 6.92 Å². The quantitative estimate of drug-likeness (QED) is 0.740. The summed E-state index contributed by atoms with van der Waals surface area (Å²) < 4.78 is 0. The maximum absolute atomic E-state index is 11.8. The number of nitrogens with zero attached hydrogens (tertiary/aromatic N) is 2. The SMILES string of the molecule is CCNC1(C(=O)O)CCCC1CCN1CCC(N(C)C)C1. The van der Waals surface area contributed by atoms with Gasteiger partial charge in [0.15, 0.2) is 0 Å². The fourth-order valence-corrected chi connectivity index (χ4v) is 4.15. The molecule has 21 heavy (non-hydrogen) atoms. The summed E-state index contributed by atoms with van der Waals surface area (Å²) >= 11 is 0. The number of rotatable bonds is 7. The molecule has 5 nitrogen and oxygen atoms in total. The van der Waals surface area contributed by atoms with Gasteiger partial charge < -0.3 is 20.2 Å². The maximum Gasteiger partial charge on any atom is 0.324 e. The van der Waals surface area contributed by atoms with Gasteiger partial charge in [-0.1, -0.05) is 13.3 Å². The summed E-state index contributed by atoms with van der Waals surface area (Å²) in [6.07, 6.45) is 5.09. The number of hydrogen-bond donors (Lipinski definition) is 2. The van der Waals surface area contributed by atoms with Crippen LogP contribution in [0.15, 0.2) is 0 Å². The minimum absolute atomic E-state index is 0.272. The van der Waals surface area contributed by atoms with Crippen LogP contribution in [0.25, 0.3) is 0 Å². The molecule has 1 saturated carbocycles. The summed E-state index contributed by atoms with van der Waals surface area (Å²) in [5.41, 5.74) is -0.671.